The second-order valence-electron chi connectivity index (χ2n) is 8.69. The van der Waals surface area contributed by atoms with E-state index in [1.165, 1.54) is 44.9 Å². The number of anilines is 1. The standard InChI is InChI=1S/C23H33N3O3/c1-2-29-22(27)16-10-12-17(13-11-16)24-23(28)25-18-14-20-8-5-9-21(15-18)26(20)19-6-3-4-7-19/h10-13,18-21H,2-9,14-15H2,1H3,(H2,24,25,28)/t18?,20-,21+. The zero-order valence-electron chi connectivity index (χ0n) is 17.4. The Hall–Kier alpha value is -2.08. The second-order valence-corrected chi connectivity index (χ2v) is 8.69. The molecule has 2 N–H and O–H groups in total. The summed E-state index contributed by atoms with van der Waals surface area (Å²) in [5.74, 6) is -0.343. The summed E-state index contributed by atoms with van der Waals surface area (Å²) in [6.45, 7) is 2.13. The zero-order chi connectivity index (χ0) is 20.2. The van der Waals surface area contributed by atoms with E-state index in [0.717, 1.165) is 18.9 Å². The van der Waals surface area contributed by atoms with Crippen molar-refractivity contribution in [2.75, 3.05) is 11.9 Å². The molecule has 2 aliphatic heterocycles. The largest absolute Gasteiger partial charge is 0.462 e. The Bertz CT molecular complexity index is 701. The van der Waals surface area contributed by atoms with Crippen molar-refractivity contribution >= 4 is 17.7 Å². The predicted octanol–water partition coefficient (Wildman–Crippen LogP) is 4.31. The Morgan fingerprint density at radius 2 is 1.59 bits per heavy atom. The number of nitrogens with zero attached hydrogens (tertiary/aromatic N) is 1. The van der Waals surface area contributed by atoms with Crippen molar-refractivity contribution in [3.05, 3.63) is 29.8 Å². The fourth-order valence-corrected chi connectivity index (χ4v) is 5.59. The van der Waals surface area contributed by atoms with Gasteiger partial charge in [0, 0.05) is 29.9 Å². The molecule has 1 aromatic rings. The minimum Gasteiger partial charge on any atom is -0.462 e. The molecule has 4 rings (SSSR count). The lowest BCUT2D eigenvalue weighted by Gasteiger charge is -2.51. The fraction of sp³-hybridized carbons (Fsp3) is 0.652. The molecule has 6 nitrogen and oxygen atoms in total. The quantitative estimate of drug-likeness (QED) is 0.724. The molecule has 0 spiro atoms. The number of rotatable bonds is 5. The number of amides is 2. The van der Waals surface area contributed by atoms with E-state index < -0.39 is 0 Å². The normalized spacial score (nSPS) is 27.4. The van der Waals surface area contributed by atoms with Gasteiger partial charge >= 0.3 is 12.0 Å². The van der Waals surface area contributed by atoms with Crippen LogP contribution in [-0.4, -0.2) is 47.7 Å². The van der Waals surface area contributed by atoms with E-state index in [4.69, 9.17) is 4.74 Å². The van der Waals surface area contributed by atoms with E-state index in [9.17, 15) is 9.59 Å². The molecule has 3 atom stereocenters. The Labute approximate surface area is 173 Å². The first-order valence-electron chi connectivity index (χ1n) is 11.3. The third-order valence-electron chi connectivity index (χ3n) is 6.77. The fourth-order valence-electron chi connectivity index (χ4n) is 5.59. The molecule has 0 radical (unpaired) electrons. The van der Waals surface area contributed by atoms with Gasteiger partial charge < -0.3 is 15.4 Å². The van der Waals surface area contributed by atoms with Crippen LogP contribution in [0.1, 0.15) is 75.1 Å². The number of hydrogen-bond acceptors (Lipinski definition) is 4. The maximum absolute atomic E-state index is 12.5. The minimum absolute atomic E-state index is 0.161. The van der Waals surface area contributed by atoms with Crippen molar-refractivity contribution in [2.45, 2.75) is 88.9 Å². The van der Waals surface area contributed by atoms with Crippen LogP contribution in [0.3, 0.4) is 0 Å². The maximum Gasteiger partial charge on any atom is 0.338 e. The van der Waals surface area contributed by atoms with Crippen molar-refractivity contribution in [1.29, 1.82) is 0 Å². The summed E-state index contributed by atoms with van der Waals surface area (Å²) in [5, 5.41) is 6.10. The van der Waals surface area contributed by atoms with Gasteiger partial charge in [-0.2, -0.15) is 0 Å². The first-order valence-corrected chi connectivity index (χ1v) is 11.3. The molecule has 2 amide bonds. The molecule has 2 bridgehead atoms. The number of carbonyl (C=O) groups excluding carboxylic acids is 2. The maximum atomic E-state index is 12.5. The molecule has 0 aromatic heterocycles. The van der Waals surface area contributed by atoms with Crippen LogP contribution in [0.15, 0.2) is 24.3 Å². The first kappa shape index (κ1) is 20.2. The van der Waals surface area contributed by atoms with Gasteiger partial charge in [-0.05, 0) is 69.7 Å². The highest BCUT2D eigenvalue weighted by molar-refractivity contribution is 5.92. The monoisotopic (exact) mass is 399 g/mol. The molecule has 6 heteroatoms. The van der Waals surface area contributed by atoms with Crippen LogP contribution in [0.2, 0.25) is 0 Å². The van der Waals surface area contributed by atoms with E-state index in [2.05, 4.69) is 15.5 Å². The van der Waals surface area contributed by atoms with Crippen molar-refractivity contribution in [3.8, 4) is 0 Å². The Kier molecular flexibility index (Phi) is 6.38. The van der Waals surface area contributed by atoms with Crippen molar-refractivity contribution < 1.29 is 14.3 Å². The topological polar surface area (TPSA) is 70.7 Å². The summed E-state index contributed by atoms with van der Waals surface area (Å²) in [4.78, 5) is 27.1. The molecule has 1 aliphatic carbocycles. The minimum atomic E-state index is -0.343. The average molecular weight is 400 g/mol. The number of fused-ring (bicyclic) bond motifs is 2. The summed E-state index contributed by atoms with van der Waals surface area (Å²) < 4.78 is 4.99. The average Bonchev–Trinajstić information content (AvgIpc) is 3.22. The van der Waals surface area contributed by atoms with Gasteiger partial charge in [-0.1, -0.05) is 19.3 Å². The number of nitrogens with one attached hydrogen (secondary N) is 2. The highest BCUT2D eigenvalue weighted by Gasteiger charge is 2.42. The molecule has 2 saturated heterocycles. The predicted molar refractivity (Wildman–Crippen MR) is 113 cm³/mol. The van der Waals surface area contributed by atoms with Gasteiger partial charge in [-0.15, -0.1) is 0 Å². The van der Waals surface area contributed by atoms with Crippen molar-refractivity contribution in [3.63, 3.8) is 0 Å². The molecule has 2 heterocycles. The highest BCUT2D eigenvalue weighted by atomic mass is 16.5. The SMILES string of the molecule is CCOC(=O)c1ccc(NC(=O)NC2C[C@H]3CCC[C@@H](C2)N3C2CCCC2)cc1. The van der Waals surface area contributed by atoms with E-state index in [1.54, 1.807) is 31.2 Å². The van der Waals surface area contributed by atoms with Crippen LogP contribution in [0.4, 0.5) is 10.5 Å². The molecular weight excluding hydrogens is 366 g/mol. The van der Waals surface area contributed by atoms with Gasteiger partial charge in [-0.3, -0.25) is 4.90 Å². The van der Waals surface area contributed by atoms with Crippen LogP contribution in [-0.2, 0) is 4.74 Å². The number of esters is 1. The number of ether oxygens (including phenoxy) is 1. The van der Waals surface area contributed by atoms with Crippen molar-refractivity contribution in [1.82, 2.24) is 10.2 Å². The molecule has 1 saturated carbocycles. The molecule has 1 unspecified atom stereocenters. The molecule has 1 aromatic carbocycles. The van der Waals surface area contributed by atoms with Crippen molar-refractivity contribution in [2.24, 2.45) is 0 Å². The van der Waals surface area contributed by atoms with Gasteiger partial charge in [0.2, 0.25) is 0 Å². The van der Waals surface area contributed by atoms with E-state index in [1.807, 2.05) is 0 Å². The van der Waals surface area contributed by atoms with E-state index >= 15 is 0 Å². The second kappa shape index (κ2) is 9.16. The Morgan fingerprint density at radius 3 is 2.21 bits per heavy atom. The number of benzene rings is 1. The van der Waals surface area contributed by atoms with Gasteiger partial charge in [0.25, 0.3) is 0 Å². The molecule has 29 heavy (non-hydrogen) atoms. The molecule has 3 fully saturated rings. The lowest BCUT2D eigenvalue weighted by Crippen LogP contribution is -2.59. The van der Waals surface area contributed by atoms with E-state index in [-0.39, 0.29) is 18.0 Å². The Morgan fingerprint density at radius 1 is 0.966 bits per heavy atom. The smallest absolute Gasteiger partial charge is 0.338 e. The van der Waals surface area contributed by atoms with E-state index in [0.29, 0.717) is 29.9 Å². The summed E-state index contributed by atoms with van der Waals surface area (Å²) in [5.41, 5.74) is 1.17. The molecular formula is C23H33N3O3. The zero-order valence-corrected chi connectivity index (χ0v) is 17.4. The third-order valence-corrected chi connectivity index (χ3v) is 6.77. The molecule has 3 aliphatic rings. The number of piperidine rings is 2. The summed E-state index contributed by atoms with van der Waals surface area (Å²) >= 11 is 0. The van der Waals surface area contributed by atoms with Crippen LogP contribution in [0.5, 0.6) is 0 Å². The summed E-state index contributed by atoms with van der Waals surface area (Å²) in [6.07, 6.45) is 11.4. The summed E-state index contributed by atoms with van der Waals surface area (Å²) in [6, 6.07) is 8.94. The summed E-state index contributed by atoms with van der Waals surface area (Å²) in [7, 11) is 0. The number of hydrogen-bond donors (Lipinski definition) is 2. The van der Waals surface area contributed by atoms with Crippen LogP contribution < -0.4 is 10.6 Å². The van der Waals surface area contributed by atoms with Crippen LogP contribution in [0.25, 0.3) is 0 Å². The van der Waals surface area contributed by atoms with Crippen LogP contribution >= 0.6 is 0 Å². The van der Waals surface area contributed by atoms with Gasteiger partial charge in [0.1, 0.15) is 0 Å². The molecule has 158 valence electrons. The Balaban J connectivity index is 1.30. The lowest BCUT2D eigenvalue weighted by molar-refractivity contribution is -0.00680. The number of carbonyl (C=O) groups is 2. The van der Waals surface area contributed by atoms with Gasteiger partial charge in [-0.25, -0.2) is 9.59 Å². The lowest BCUT2D eigenvalue weighted by atomic mass is 9.80. The highest BCUT2D eigenvalue weighted by Crippen LogP contribution is 2.39. The first-order chi connectivity index (χ1) is 14.1. The van der Waals surface area contributed by atoms with Crippen LogP contribution in [0, 0.1) is 0 Å². The number of urea groups is 1. The third kappa shape index (κ3) is 4.74. The van der Waals surface area contributed by atoms with Gasteiger partial charge in [0.05, 0.1) is 12.2 Å². The van der Waals surface area contributed by atoms with Gasteiger partial charge in [0.15, 0.2) is 0 Å².